The highest BCUT2D eigenvalue weighted by atomic mass is 19.1. The van der Waals surface area contributed by atoms with E-state index in [2.05, 4.69) is 16.8 Å². The number of hydrogen-bond acceptors (Lipinski definition) is 2. The summed E-state index contributed by atoms with van der Waals surface area (Å²) in [5.74, 6) is -2.64. The van der Waals surface area contributed by atoms with E-state index in [1.165, 1.54) is 18.2 Å². The number of carbonyl (C=O) groups is 1. The molecule has 7 heteroatoms. The van der Waals surface area contributed by atoms with Gasteiger partial charge in [-0.25, -0.2) is 18.0 Å². The van der Waals surface area contributed by atoms with Crippen molar-refractivity contribution in [1.29, 1.82) is 0 Å². The number of carboxylic acid groups (broad SMARTS) is 1. The maximum atomic E-state index is 15.5. The van der Waals surface area contributed by atoms with Gasteiger partial charge < -0.3 is 10.1 Å². The fourth-order valence-corrected chi connectivity index (χ4v) is 6.61. The van der Waals surface area contributed by atoms with Crippen LogP contribution in [0.5, 0.6) is 0 Å². The number of halogens is 3. The van der Waals surface area contributed by atoms with Gasteiger partial charge >= 0.3 is 5.97 Å². The molecule has 4 nitrogen and oxygen atoms in total. The molecule has 2 aromatic carbocycles. The molecule has 3 fully saturated rings. The van der Waals surface area contributed by atoms with E-state index in [9.17, 15) is 9.18 Å². The summed E-state index contributed by atoms with van der Waals surface area (Å²) in [4.78, 5) is 16.4. The summed E-state index contributed by atoms with van der Waals surface area (Å²) in [6, 6.07) is 9.53. The minimum Gasteiger partial charge on any atom is -0.478 e. The third kappa shape index (κ3) is 3.21. The topological polar surface area (TPSA) is 56.3 Å². The van der Waals surface area contributed by atoms with Crippen molar-refractivity contribution in [2.75, 3.05) is 6.54 Å². The van der Waals surface area contributed by atoms with Crippen LogP contribution < -0.4 is 0 Å². The summed E-state index contributed by atoms with van der Waals surface area (Å²) in [5, 5.41) is 9.91. The zero-order chi connectivity index (χ0) is 23.8. The highest BCUT2D eigenvalue weighted by molar-refractivity contribution is 5.86. The van der Waals surface area contributed by atoms with E-state index < -0.39 is 29.3 Å². The molecule has 0 spiro atoms. The molecule has 7 rings (SSSR count). The Labute approximate surface area is 195 Å². The number of H-pyrrole nitrogens is 1. The molecule has 0 unspecified atom stereocenters. The predicted octanol–water partition coefficient (Wildman–Crippen LogP) is 5.77. The number of aromatic nitrogens is 1. The molecule has 34 heavy (non-hydrogen) atoms. The molecule has 2 N–H and O–H groups in total. The van der Waals surface area contributed by atoms with E-state index in [0.717, 1.165) is 34.7 Å². The molecular weight excluding hydrogens is 441 g/mol. The number of aromatic amines is 1. The van der Waals surface area contributed by atoms with Gasteiger partial charge in [0.25, 0.3) is 0 Å². The number of alkyl halides is 1. The number of rotatable bonds is 5. The smallest absolute Gasteiger partial charge is 0.328 e. The second-order valence-corrected chi connectivity index (χ2v) is 10.4. The highest BCUT2D eigenvalue weighted by Crippen LogP contribution is 2.70. The Balaban J connectivity index is 1.48. The van der Waals surface area contributed by atoms with Crippen molar-refractivity contribution in [3.63, 3.8) is 0 Å². The maximum absolute atomic E-state index is 15.5. The number of aliphatic carboxylic acids is 1. The molecule has 3 aromatic rings. The van der Waals surface area contributed by atoms with E-state index in [0.29, 0.717) is 25.8 Å². The van der Waals surface area contributed by atoms with Gasteiger partial charge in [-0.3, -0.25) is 4.90 Å². The second kappa shape index (κ2) is 7.22. The number of hydrogen-bond donors (Lipinski definition) is 2. The van der Waals surface area contributed by atoms with Crippen LogP contribution in [0.4, 0.5) is 13.2 Å². The van der Waals surface area contributed by atoms with Crippen LogP contribution in [0, 0.1) is 17.0 Å². The van der Waals surface area contributed by atoms with Crippen molar-refractivity contribution >= 4 is 22.9 Å². The third-order valence-electron chi connectivity index (χ3n) is 7.90. The monoisotopic (exact) mass is 466 g/mol. The molecule has 1 aliphatic heterocycles. The Bertz CT molecular complexity index is 1320. The molecule has 2 atom stereocenters. The molecule has 176 valence electrons. The molecule has 0 amide bonds. The van der Waals surface area contributed by atoms with Crippen LogP contribution in [0.15, 0.2) is 42.5 Å². The molecule has 1 aromatic heterocycles. The fraction of sp³-hybridized carbons (Fsp3) is 0.370. The molecule has 2 heterocycles. The minimum atomic E-state index is -1.19. The lowest BCUT2D eigenvalue weighted by molar-refractivity contribution is -0.226. The predicted molar refractivity (Wildman–Crippen MR) is 123 cm³/mol. The summed E-state index contributed by atoms with van der Waals surface area (Å²) < 4.78 is 45.4. The summed E-state index contributed by atoms with van der Waals surface area (Å²) in [5.41, 5.74) is 1.66. The molecular formula is C27H25F3N2O2. The molecule has 3 saturated carbocycles. The van der Waals surface area contributed by atoms with Gasteiger partial charge in [-0.2, -0.15) is 0 Å². The summed E-state index contributed by atoms with van der Waals surface area (Å²) in [7, 11) is 0. The zero-order valence-electron chi connectivity index (χ0n) is 18.7. The average Bonchev–Trinajstić information content (AvgIpc) is 3.09. The average molecular weight is 467 g/mol. The molecule has 2 bridgehead atoms. The SMILES string of the molecule is C[C@@H]1Cc2c([nH]c3ccccc23)[C@@H](c2c(F)cc(/C=C/C(=O)O)cc2F)N1CC12CC(F)(C1)C2. The van der Waals surface area contributed by atoms with E-state index in [1.54, 1.807) is 0 Å². The summed E-state index contributed by atoms with van der Waals surface area (Å²) >= 11 is 0. The lowest BCUT2D eigenvalue weighted by Crippen LogP contribution is -2.68. The van der Waals surface area contributed by atoms with Gasteiger partial charge in [-0.1, -0.05) is 18.2 Å². The van der Waals surface area contributed by atoms with E-state index >= 15 is 8.78 Å². The van der Waals surface area contributed by atoms with Crippen molar-refractivity contribution in [3.05, 3.63) is 76.5 Å². The minimum absolute atomic E-state index is 0.00618. The van der Waals surface area contributed by atoms with Gasteiger partial charge in [0.15, 0.2) is 0 Å². The first kappa shape index (κ1) is 21.5. The van der Waals surface area contributed by atoms with Crippen molar-refractivity contribution < 1.29 is 23.1 Å². The van der Waals surface area contributed by atoms with Crippen LogP contribution in [-0.2, 0) is 11.2 Å². The first-order chi connectivity index (χ1) is 16.2. The Morgan fingerprint density at radius 1 is 1.21 bits per heavy atom. The van der Waals surface area contributed by atoms with Crippen molar-refractivity contribution in [2.24, 2.45) is 5.41 Å². The van der Waals surface area contributed by atoms with Crippen molar-refractivity contribution in [1.82, 2.24) is 9.88 Å². The van der Waals surface area contributed by atoms with Crippen LogP contribution >= 0.6 is 0 Å². The Hall–Kier alpha value is -3.06. The second-order valence-electron chi connectivity index (χ2n) is 10.4. The van der Waals surface area contributed by atoms with Crippen LogP contribution in [-0.4, -0.2) is 39.2 Å². The largest absolute Gasteiger partial charge is 0.478 e. The van der Waals surface area contributed by atoms with Gasteiger partial charge in [-0.15, -0.1) is 0 Å². The number of fused-ring (bicyclic) bond motifs is 3. The zero-order valence-corrected chi connectivity index (χ0v) is 18.7. The normalized spacial score (nSPS) is 30.2. The Morgan fingerprint density at radius 3 is 2.53 bits per heavy atom. The first-order valence-electron chi connectivity index (χ1n) is 11.6. The molecule has 4 aliphatic rings. The third-order valence-corrected chi connectivity index (χ3v) is 7.90. The number of nitrogens with zero attached hydrogens (tertiary/aromatic N) is 1. The van der Waals surface area contributed by atoms with E-state index in [-0.39, 0.29) is 22.6 Å². The number of carboxylic acids is 1. The Kier molecular flexibility index (Phi) is 4.56. The van der Waals surface area contributed by atoms with Crippen LogP contribution in [0.2, 0.25) is 0 Å². The summed E-state index contributed by atoms with van der Waals surface area (Å²) in [6.45, 7) is 2.65. The van der Waals surface area contributed by atoms with E-state index in [4.69, 9.17) is 5.11 Å². The maximum Gasteiger partial charge on any atom is 0.328 e. The summed E-state index contributed by atoms with van der Waals surface area (Å²) in [6.07, 6.45) is 4.30. The van der Waals surface area contributed by atoms with Crippen LogP contribution in [0.1, 0.15) is 54.6 Å². The number of para-hydroxylation sites is 1. The van der Waals surface area contributed by atoms with Gasteiger partial charge in [0, 0.05) is 40.8 Å². The van der Waals surface area contributed by atoms with Gasteiger partial charge in [0.05, 0.1) is 6.04 Å². The molecule has 0 radical (unpaired) electrons. The van der Waals surface area contributed by atoms with Crippen LogP contribution in [0.3, 0.4) is 0 Å². The number of nitrogens with one attached hydrogen (secondary N) is 1. The fourth-order valence-electron chi connectivity index (χ4n) is 6.61. The van der Waals surface area contributed by atoms with Gasteiger partial charge in [-0.05, 0) is 73.4 Å². The van der Waals surface area contributed by atoms with Gasteiger partial charge in [0.2, 0.25) is 0 Å². The first-order valence-corrected chi connectivity index (χ1v) is 11.6. The van der Waals surface area contributed by atoms with Crippen LogP contribution in [0.25, 0.3) is 17.0 Å². The quantitative estimate of drug-likeness (QED) is 0.469. The van der Waals surface area contributed by atoms with Crippen molar-refractivity contribution in [2.45, 2.75) is 50.4 Å². The molecule has 3 aliphatic carbocycles. The van der Waals surface area contributed by atoms with Crippen molar-refractivity contribution in [3.8, 4) is 0 Å². The standard InChI is InChI=1S/C27H25F3N2O2/c1-15-8-18-17-4-2-3-5-21(17)31-24(18)25(32(15)14-26-11-27(30,12-26)13-26)23-19(28)9-16(10-20(23)29)6-7-22(33)34/h2-7,9-10,15,25,31H,8,11-14H2,1H3,(H,33,34)/b7-6+/t15-,25-,26?,27?/m1/s1. The number of benzene rings is 2. The lowest BCUT2D eigenvalue weighted by Gasteiger charge is -2.67. The van der Waals surface area contributed by atoms with E-state index in [1.807, 2.05) is 24.3 Å². The Morgan fingerprint density at radius 2 is 1.88 bits per heavy atom. The lowest BCUT2D eigenvalue weighted by atomic mass is 9.42. The van der Waals surface area contributed by atoms with Gasteiger partial charge in [0.1, 0.15) is 17.3 Å². The highest BCUT2D eigenvalue weighted by Gasteiger charge is 2.69. The molecule has 0 saturated heterocycles.